The quantitative estimate of drug-likeness (QED) is 0.718. The van der Waals surface area contributed by atoms with Gasteiger partial charge >= 0.3 is 0 Å². The van der Waals surface area contributed by atoms with E-state index in [0.29, 0.717) is 6.61 Å². The SMILES string of the molecule is Cc1ccc(C(C)(C)CON)nc1. The Kier molecular flexibility index (Phi) is 3.01. The molecule has 13 heavy (non-hydrogen) atoms. The molecule has 0 saturated carbocycles. The van der Waals surface area contributed by atoms with E-state index < -0.39 is 0 Å². The van der Waals surface area contributed by atoms with Crippen molar-refractivity contribution in [2.45, 2.75) is 26.2 Å². The highest BCUT2D eigenvalue weighted by Crippen LogP contribution is 2.20. The van der Waals surface area contributed by atoms with Crippen molar-refractivity contribution in [2.75, 3.05) is 6.61 Å². The Balaban J connectivity index is 2.87. The number of nitrogens with two attached hydrogens (primary N) is 1. The molecule has 0 radical (unpaired) electrons. The zero-order valence-electron chi connectivity index (χ0n) is 8.37. The first-order valence-electron chi connectivity index (χ1n) is 4.31. The molecule has 1 heterocycles. The molecule has 0 aromatic carbocycles. The van der Waals surface area contributed by atoms with E-state index in [2.05, 4.69) is 23.7 Å². The molecule has 1 rings (SSSR count). The first-order valence-corrected chi connectivity index (χ1v) is 4.31. The molecule has 0 amide bonds. The lowest BCUT2D eigenvalue weighted by Gasteiger charge is -2.22. The monoisotopic (exact) mass is 180 g/mol. The van der Waals surface area contributed by atoms with E-state index in [0.717, 1.165) is 11.3 Å². The van der Waals surface area contributed by atoms with Crippen LogP contribution in [0.4, 0.5) is 0 Å². The minimum absolute atomic E-state index is 0.123. The van der Waals surface area contributed by atoms with Gasteiger partial charge < -0.3 is 4.84 Å². The molecule has 3 nitrogen and oxygen atoms in total. The summed E-state index contributed by atoms with van der Waals surface area (Å²) in [4.78, 5) is 8.98. The molecule has 0 unspecified atom stereocenters. The van der Waals surface area contributed by atoms with Crippen LogP contribution in [0.3, 0.4) is 0 Å². The highest BCUT2D eigenvalue weighted by atomic mass is 16.6. The molecular weight excluding hydrogens is 164 g/mol. The van der Waals surface area contributed by atoms with Gasteiger partial charge in [-0.2, -0.15) is 0 Å². The lowest BCUT2D eigenvalue weighted by atomic mass is 9.90. The van der Waals surface area contributed by atoms with Crippen LogP contribution in [0.25, 0.3) is 0 Å². The van der Waals surface area contributed by atoms with Gasteiger partial charge in [0, 0.05) is 17.3 Å². The highest BCUT2D eigenvalue weighted by molar-refractivity contribution is 5.18. The van der Waals surface area contributed by atoms with E-state index >= 15 is 0 Å². The predicted octanol–water partition coefficient (Wildman–Crippen LogP) is 1.56. The molecule has 0 aliphatic rings. The molecule has 2 N–H and O–H groups in total. The second-order valence-corrected chi connectivity index (χ2v) is 3.92. The minimum atomic E-state index is -0.123. The molecular formula is C10H16N2O. The van der Waals surface area contributed by atoms with Crippen LogP contribution in [-0.4, -0.2) is 11.6 Å². The molecule has 0 aliphatic carbocycles. The molecule has 0 saturated heterocycles. The van der Waals surface area contributed by atoms with Crippen molar-refractivity contribution in [3.8, 4) is 0 Å². The van der Waals surface area contributed by atoms with Gasteiger partial charge in [0.15, 0.2) is 0 Å². The van der Waals surface area contributed by atoms with Crippen LogP contribution in [0.2, 0.25) is 0 Å². The Bertz CT molecular complexity index is 267. The van der Waals surface area contributed by atoms with Crippen LogP contribution in [0, 0.1) is 6.92 Å². The molecule has 3 heteroatoms. The van der Waals surface area contributed by atoms with Crippen LogP contribution in [-0.2, 0) is 10.3 Å². The third kappa shape index (κ3) is 2.50. The van der Waals surface area contributed by atoms with E-state index in [1.807, 2.05) is 25.3 Å². The Morgan fingerprint density at radius 3 is 2.62 bits per heavy atom. The average Bonchev–Trinajstić information content (AvgIpc) is 2.05. The summed E-state index contributed by atoms with van der Waals surface area (Å²) in [5.74, 6) is 5.05. The standard InChI is InChI=1S/C10H16N2O/c1-8-4-5-9(12-6-8)10(2,3)7-13-11/h4-6H,7,11H2,1-3H3. The topological polar surface area (TPSA) is 48.1 Å². The zero-order chi connectivity index (χ0) is 9.90. The molecule has 72 valence electrons. The first-order chi connectivity index (χ1) is 6.06. The fraction of sp³-hybridized carbons (Fsp3) is 0.500. The lowest BCUT2D eigenvalue weighted by molar-refractivity contribution is 0.0949. The van der Waals surface area contributed by atoms with Crippen molar-refractivity contribution in [2.24, 2.45) is 5.90 Å². The van der Waals surface area contributed by atoms with E-state index in [9.17, 15) is 0 Å². The maximum Gasteiger partial charge on any atom is 0.0785 e. The van der Waals surface area contributed by atoms with Crippen LogP contribution in [0.5, 0.6) is 0 Å². The number of pyridine rings is 1. The third-order valence-corrected chi connectivity index (χ3v) is 2.05. The second-order valence-electron chi connectivity index (χ2n) is 3.92. The molecule has 1 aromatic rings. The van der Waals surface area contributed by atoms with Gasteiger partial charge in [-0.25, -0.2) is 5.90 Å². The molecule has 1 aromatic heterocycles. The number of nitrogens with zero attached hydrogens (tertiary/aromatic N) is 1. The van der Waals surface area contributed by atoms with Crippen LogP contribution < -0.4 is 5.90 Å². The first kappa shape index (κ1) is 10.2. The van der Waals surface area contributed by atoms with Crippen molar-refractivity contribution < 1.29 is 4.84 Å². The Hall–Kier alpha value is -0.930. The van der Waals surface area contributed by atoms with Gasteiger partial charge in [-0.15, -0.1) is 0 Å². The minimum Gasteiger partial charge on any atom is -0.304 e. The normalized spacial score (nSPS) is 11.7. The lowest BCUT2D eigenvalue weighted by Crippen LogP contribution is -2.27. The fourth-order valence-corrected chi connectivity index (χ4v) is 1.15. The van der Waals surface area contributed by atoms with Gasteiger partial charge in [-0.05, 0) is 18.6 Å². The van der Waals surface area contributed by atoms with Gasteiger partial charge in [0.25, 0.3) is 0 Å². The molecule has 0 aliphatic heterocycles. The van der Waals surface area contributed by atoms with Crippen molar-refractivity contribution in [1.82, 2.24) is 4.98 Å². The van der Waals surface area contributed by atoms with Crippen LogP contribution in [0.1, 0.15) is 25.1 Å². The second kappa shape index (κ2) is 3.85. The Morgan fingerprint density at radius 1 is 1.46 bits per heavy atom. The summed E-state index contributed by atoms with van der Waals surface area (Å²) < 4.78 is 0. The van der Waals surface area contributed by atoms with E-state index in [1.54, 1.807) is 0 Å². The molecule has 0 fully saturated rings. The Labute approximate surface area is 78.9 Å². The van der Waals surface area contributed by atoms with E-state index in [-0.39, 0.29) is 5.41 Å². The van der Waals surface area contributed by atoms with Gasteiger partial charge in [-0.1, -0.05) is 19.9 Å². The number of hydrogen-bond donors (Lipinski definition) is 1. The molecule has 0 atom stereocenters. The summed E-state index contributed by atoms with van der Waals surface area (Å²) in [5.41, 5.74) is 2.04. The van der Waals surface area contributed by atoms with Gasteiger partial charge in [-0.3, -0.25) is 4.98 Å². The number of rotatable bonds is 3. The number of aryl methyl sites for hydroxylation is 1. The fourth-order valence-electron chi connectivity index (χ4n) is 1.15. The van der Waals surface area contributed by atoms with Crippen molar-refractivity contribution >= 4 is 0 Å². The average molecular weight is 180 g/mol. The van der Waals surface area contributed by atoms with Crippen molar-refractivity contribution in [3.63, 3.8) is 0 Å². The number of hydrogen-bond acceptors (Lipinski definition) is 3. The van der Waals surface area contributed by atoms with Crippen LogP contribution >= 0.6 is 0 Å². The van der Waals surface area contributed by atoms with Gasteiger partial charge in [0.05, 0.1) is 6.61 Å². The predicted molar refractivity (Wildman–Crippen MR) is 52.1 cm³/mol. The summed E-state index contributed by atoms with van der Waals surface area (Å²) in [7, 11) is 0. The largest absolute Gasteiger partial charge is 0.304 e. The summed E-state index contributed by atoms with van der Waals surface area (Å²) in [6.45, 7) is 6.60. The zero-order valence-corrected chi connectivity index (χ0v) is 8.37. The maximum atomic E-state index is 5.05. The molecule has 0 spiro atoms. The third-order valence-electron chi connectivity index (χ3n) is 2.05. The van der Waals surface area contributed by atoms with Crippen molar-refractivity contribution in [3.05, 3.63) is 29.6 Å². The summed E-state index contributed by atoms with van der Waals surface area (Å²) in [5, 5.41) is 0. The summed E-state index contributed by atoms with van der Waals surface area (Å²) in [6.07, 6.45) is 1.85. The molecule has 0 bridgehead atoms. The summed E-state index contributed by atoms with van der Waals surface area (Å²) in [6, 6.07) is 4.05. The van der Waals surface area contributed by atoms with Gasteiger partial charge in [0.2, 0.25) is 0 Å². The van der Waals surface area contributed by atoms with E-state index in [1.165, 1.54) is 0 Å². The van der Waals surface area contributed by atoms with Gasteiger partial charge in [0.1, 0.15) is 0 Å². The smallest absolute Gasteiger partial charge is 0.0785 e. The van der Waals surface area contributed by atoms with Crippen molar-refractivity contribution in [1.29, 1.82) is 0 Å². The summed E-state index contributed by atoms with van der Waals surface area (Å²) >= 11 is 0. The highest BCUT2D eigenvalue weighted by Gasteiger charge is 2.21. The number of aromatic nitrogens is 1. The Morgan fingerprint density at radius 2 is 2.15 bits per heavy atom. The van der Waals surface area contributed by atoms with Crippen LogP contribution in [0.15, 0.2) is 18.3 Å². The maximum absolute atomic E-state index is 5.05. The van der Waals surface area contributed by atoms with E-state index in [4.69, 9.17) is 5.90 Å².